The number of hydrogen-bond acceptors (Lipinski definition) is 1. The Morgan fingerprint density at radius 3 is 2.31 bits per heavy atom. The molecule has 2 aliphatic rings. The van der Waals surface area contributed by atoms with Crippen molar-refractivity contribution >= 4 is 0 Å². The van der Waals surface area contributed by atoms with Crippen LogP contribution in [0.15, 0.2) is 0 Å². The lowest BCUT2D eigenvalue weighted by atomic mass is 9.79. The van der Waals surface area contributed by atoms with Gasteiger partial charge in [-0.25, -0.2) is 0 Å². The molecule has 0 radical (unpaired) electrons. The van der Waals surface area contributed by atoms with E-state index in [0.29, 0.717) is 5.41 Å². The summed E-state index contributed by atoms with van der Waals surface area (Å²) < 4.78 is 0. The summed E-state index contributed by atoms with van der Waals surface area (Å²) in [5.74, 6) is 2.72. The maximum atomic E-state index is 3.86. The van der Waals surface area contributed by atoms with E-state index in [4.69, 9.17) is 0 Å². The molecule has 0 aliphatic heterocycles. The van der Waals surface area contributed by atoms with E-state index in [2.05, 4.69) is 33.0 Å². The van der Waals surface area contributed by atoms with Crippen LogP contribution in [0.3, 0.4) is 0 Å². The predicted molar refractivity (Wildman–Crippen MR) is 70.5 cm³/mol. The fraction of sp³-hybridized carbons (Fsp3) is 1.00. The highest BCUT2D eigenvalue weighted by Gasteiger charge is 2.45. The lowest BCUT2D eigenvalue weighted by molar-refractivity contribution is 0.210. The average Bonchev–Trinajstić information content (AvgIpc) is 3.01. The normalized spacial score (nSPS) is 37.7. The number of nitrogens with one attached hydrogen (secondary N) is 1. The molecular formula is C15H29N. The molecule has 0 bridgehead atoms. The lowest BCUT2D eigenvalue weighted by Crippen LogP contribution is -2.40. The Labute approximate surface area is 101 Å². The molecule has 0 aromatic heterocycles. The molecule has 2 rings (SSSR count). The van der Waals surface area contributed by atoms with Crippen LogP contribution < -0.4 is 5.32 Å². The van der Waals surface area contributed by atoms with Gasteiger partial charge in [-0.15, -0.1) is 0 Å². The van der Waals surface area contributed by atoms with Crippen LogP contribution >= 0.6 is 0 Å². The molecule has 1 heteroatoms. The maximum Gasteiger partial charge on any atom is 0.00700 e. The second kappa shape index (κ2) is 4.68. The Bertz CT molecular complexity index is 230. The van der Waals surface area contributed by atoms with E-state index in [1.165, 1.54) is 38.6 Å². The summed E-state index contributed by atoms with van der Waals surface area (Å²) in [4.78, 5) is 0. The molecule has 3 atom stereocenters. The molecule has 0 spiro atoms. The van der Waals surface area contributed by atoms with Crippen molar-refractivity contribution in [3.63, 3.8) is 0 Å². The van der Waals surface area contributed by atoms with Gasteiger partial charge in [0.15, 0.2) is 0 Å². The summed E-state index contributed by atoms with van der Waals surface area (Å²) in [7, 11) is 0. The Morgan fingerprint density at radius 1 is 1.12 bits per heavy atom. The molecule has 1 N–H and O–H groups in total. The Morgan fingerprint density at radius 2 is 1.81 bits per heavy atom. The number of rotatable bonds is 4. The summed E-state index contributed by atoms with van der Waals surface area (Å²) in [5, 5.41) is 3.86. The Kier molecular flexibility index (Phi) is 3.63. The second-order valence-corrected chi connectivity index (χ2v) is 6.86. The van der Waals surface area contributed by atoms with Gasteiger partial charge in [0.1, 0.15) is 0 Å². The molecule has 2 fully saturated rings. The number of hydrogen-bond donors (Lipinski definition) is 1. The average molecular weight is 223 g/mol. The van der Waals surface area contributed by atoms with Gasteiger partial charge in [-0.2, -0.15) is 0 Å². The van der Waals surface area contributed by atoms with Crippen molar-refractivity contribution in [2.75, 3.05) is 6.54 Å². The van der Waals surface area contributed by atoms with Crippen LogP contribution in [0.5, 0.6) is 0 Å². The molecule has 1 nitrogen and oxygen atoms in total. The van der Waals surface area contributed by atoms with Crippen molar-refractivity contribution < 1.29 is 0 Å². The van der Waals surface area contributed by atoms with E-state index in [-0.39, 0.29) is 0 Å². The third-order valence-electron chi connectivity index (χ3n) is 5.46. The van der Waals surface area contributed by atoms with Gasteiger partial charge in [0.05, 0.1) is 0 Å². The van der Waals surface area contributed by atoms with Gasteiger partial charge in [0.2, 0.25) is 0 Å². The van der Waals surface area contributed by atoms with Crippen LogP contribution in [0.1, 0.15) is 59.8 Å². The SMILES string of the molecule is CC1CCC(NCC2(C(C)C)CC2)CC1C. The highest BCUT2D eigenvalue weighted by molar-refractivity contribution is 4.98. The van der Waals surface area contributed by atoms with Crippen molar-refractivity contribution in [2.45, 2.75) is 65.8 Å². The zero-order chi connectivity index (χ0) is 11.8. The van der Waals surface area contributed by atoms with E-state index < -0.39 is 0 Å². The first-order chi connectivity index (χ1) is 7.53. The smallest absolute Gasteiger partial charge is 0.00700 e. The summed E-state index contributed by atoms with van der Waals surface area (Å²) in [5.41, 5.74) is 0.673. The molecule has 0 aromatic carbocycles. The van der Waals surface area contributed by atoms with E-state index in [0.717, 1.165) is 23.8 Å². The second-order valence-electron chi connectivity index (χ2n) is 6.86. The van der Waals surface area contributed by atoms with Crippen LogP contribution in [0, 0.1) is 23.2 Å². The van der Waals surface area contributed by atoms with Crippen LogP contribution in [0.2, 0.25) is 0 Å². The molecule has 0 heterocycles. The van der Waals surface area contributed by atoms with Gasteiger partial charge in [0.25, 0.3) is 0 Å². The molecule has 94 valence electrons. The standard InChI is InChI=1S/C15H29N/c1-11(2)15(7-8-15)10-16-14-6-5-12(3)13(4)9-14/h11-14,16H,5-10H2,1-4H3. The van der Waals surface area contributed by atoms with Gasteiger partial charge in [0, 0.05) is 12.6 Å². The van der Waals surface area contributed by atoms with Crippen molar-refractivity contribution in [1.29, 1.82) is 0 Å². The molecule has 0 aromatic rings. The molecule has 0 saturated heterocycles. The molecule has 16 heavy (non-hydrogen) atoms. The third-order valence-corrected chi connectivity index (χ3v) is 5.46. The topological polar surface area (TPSA) is 12.0 Å². The van der Waals surface area contributed by atoms with Crippen LogP contribution in [0.4, 0.5) is 0 Å². The van der Waals surface area contributed by atoms with Crippen LogP contribution in [-0.4, -0.2) is 12.6 Å². The lowest BCUT2D eigenvalue weighted by Gasteiger charge is -2.34. The molecule has 2 aliphatic carbocycles. The zero-order valence-electron chi connectivity index (χ0n) is 11.6. The first kappa shape index (κ1) is 12.4. The summed E-state index contributed by atoms with van der Waals surface area (Å²) in [6.07, 6.45) is 7.13. The zero-order valence-corrected chi connectivity index (χ0v) is 11.6. The molecule has 3 unspecified atom stereocenters. The molecule has 0 amide bonds. The Balaban J connectivity index is 1.75. The van der Waals surface area contributed by atoms with Crippen LogP contribution in [0.25, 0.3) is 0 Å². The fourth-order valence-corrected chi connectivity index (χ4v) is 3.20. The van der Waals surface area contributed by atoms with E-state index in [1.807, 2.05) is 0 Å². The van der Waals surface area contributed by atoms with E-state index in [1.54, 1.807) is 0 Å². The van der Waals surface area contributed by atoms with Crippen molar-refractivity contribution in [3.05, 3.63) is 0 Å². The van der Waals surface area contributed by atoms with Crippen molar-refractivity contribution in [3.8, 4) is 0 Å². The van der Waals surface area contributed by atoms with Gasteiger partial charge in [-0.3, -0.25) is 0 Å². The fourth-order valence-electron chi connectivity index (χ4n) is 3.20. The summed E-state index contributed by atoms with van der Waals surface area (Å²) >= 11 is 0. The van der Waals surface area contributed by atoms with E-state index >= 15 is 0 Å². The first-order valence-corrected chi connectivity index (χ1v) is 7.27. The van der Waals surface area contributed by atoms with Crippen molar-refractivity contribution in [2.24, 2.45) is 23.2 Å². The first-order valence-electron chi connectivity index (χ1n) is 7.27. The summed E-state index contributed by atoms with van der Waals surface area (Å²) in [6.45, 7) is 10.9. The quantitative estimate of drug-likeness (QED) is 0.763. The van der Waals surface area contributed by atoms with Crippen molar-refractivity contribution in [1.82, 2.24) is 5.32 Å². The molecule has 2 saturated carbocycles. The Hall–Kier alpha value is -0.0400. The highest BCUT2D eigenvalue weighted by Crippen LogP contribution is 2.51. The minimum absolute atomic E-state index is 0.673. The van der Waals surface area contributed by atoms with Gasteiger partial charge >= 0.3 is 0 Å². The van der Waals surface area contributed by atoms with Gasteiger partial charge < -0.3 is 5.32 Å². The summed E-state index contributed by atoms with van der Waals surface area (Å²) in [6, 6.07) is 0.808. The van der Waals surface area contributed by atoms with E-state index in [9.17, 15) is 0 Å². The predicted octanol–water partition coefficient (Wildman–Crippen LogP) is 3.84. The highest BCUT2D eigenvalue weighted by atomic mass is 14.9. The minimum Gasteiger partial charge on any atom is -0.313 e. The monoisotopic (exact) mass is 223 g/mol. The largest absolute Gasteiger partial charge is 0.313 e. The maximum absolute atomic E-state index is 3.86. The third kappa shape index (κ3) is 2.61. The van der Waals surface area contributed by atoms with Crippen LogP contribution in [-0.2, 0) is 0 Å². The van der Waals surface area contributed by atoms with Gasteiger partial charge in [-0.05, 0) is 55.3 Å². The minimum atomic E-state index is 0.673. The molecular weight excluding hydrogens is 194 g/mol. The van der Waals surface area contributed by atoms with Gasteiger partial charge in [-0.1, -0.05) is 27.7 Å².